The van der Waals surface area contributed by atoms with Gasteiger partial charge in [0.1, 0.15) is 0 Å². The molecular weight excluding hydrogens is 273 g/mol. The molecule has 0 aliphatic heterocycles. The molecule has 0 bridgehead atoms. The summed E-state index contributed by atoms with van der Waals surface area (Å²) in [5.41, 5.74) is -0.325. The predicted octanol–water partition coefficient (Wildman–Crippen LogP) is 4.48. The molecule has 0 fully saturated rings. The maximum Gasteiger partial charge on any atom is 0.351 e. The molecule has 0 heterocycles. The third-order valence-corrected chi connectivity index (χ3v) is 3.54. The maximum atomic E-state index is 5.76. The SMILES string of the molecule is CSC.C[Si](Cl)(Cl)CCB(Cl)Cl. The third kappa shape index (κ3) is 22.6. The van der Waals surface area contributed by atoms with Crippen LogP contribution in [0.4, 0.5) is 0 Å². The second kappa shape index (κ2) is 9.35. The fraction of sp³-hybridized carbons (Fsp3) is 1.00. The molecule has 7 heteroatoms. The minimum Gasteiger partial charge on any atom is -0.172 e. The fourth-order valence-corrected chi connectivity index (χ4v) is 2.40. The Labute approximate surface area is 100.0 Å². The van der Waals surface area contributed by atoms with Crippen LogP contribution in [0.25, 0.3) is 0 Å². The van der Waals surface area contributed by atoms with Crippen molar-refractivity contribution in [2.45, 2.75) is 18.9 Å². The van der Waals surface area contributed by atoms with Gasteiger partial charge in [0.15, 0.2) is 0 Å². The van der Waals surface area contributed by atoms with Crippen LogP contribution in [0.2, 0.25) is 18.9 Å². The van der Waals surface area contributed by atoms with E-state index in [1.165, 1.54) is 0 Å². The monoisotopic (exact) mass is 284 g/mol. The van der Waals surface area contributed by atoms with Gasteiger partial charge in [-0.3, -0.25) is 0 Å². The first kappa shape index (κ1) is 16.2. The van der Waals surface area contributed by atoms with Crippen LogP contribution in [-0.2, 0) is 0 Å². The van der Waals surface area contributed by atoms with E-state index in [4.69, 9.17) is 45.1 Å². The summed E-state index contributed by atoms with van der Waals surface area (Å²) in [6.45, 7) is -0.0910. The molecule has 0 N–H and O–H groups in total. The average Bonchev–Trinajstić information content (AvgIpc) is 1.84. The van der Waals surface area contributed by atoms with E-state index in [0.29, 0.717) is 6.32 Å². The zero-order chi connectivity index (χ0) is 10.2. The Kier molecular flexibility index (Phi) is 12.6. The second-order valence-electron chi connectivity index (χ2n) is 2.41. The van der Waals surface area contributed by atoms with Crippen LogP contribution in [0.15, 0.2) is 0 Å². The van der Waals surface area contributed by atoms with Gasteiger partial charge < -0.3 is 0 Å². The van der Waals surface area contributed by atoms with E-state index >= 15 is 0 Å². The molecule has 12 heavy (non-hydrogen) atoms. The third-order valence-electron chi connectivity index (χ3n) is 0.802. The number of thioether (sulfide) groups is 1. The molecule has 74 valence electrons. The van der Waals surface area contributed by atoms with Crippen LogP contribution in [0.1, 0.15) is 0 Å². The average molecular weight is 286 g/mol. The normalized spacial score (nSPS) is 10.2. The van der Waals surface area contributed by atoms with Crippen molar-refractivity contribution in [3.05, 3.63) is 0 Å². The van der Waals surface area contributed by atoms with E-state index in [-0.39, 0.29) is 5.54 Å². The van der Waals surface area contributed by atoms with E-state index in [1.807, 2.05) is 19.1 Å². The number of rotatable bonds is 3. The largest absolute Gasteiger partial charge is 0.351 e. The van der Waals surface area contributed by atoms with E-state index in [9.17, 15) is 0 Å². The van der Waals surface area contributed by atoms with Gasteiger partial charge >= 0.3 is 5.54 Å². The summed E-state index contributed by atoms with van der Waals surface area (Å²) in [6, 6.07) is 0.758. The van der Waals surface area contributed by atoms with E-state index in [2.05, 4.69) is 0 Å². The Bertz CT molecular complexity index is 97.9. The van der Waals surface area contributed by atoms with Crippen molar-refractivity contribution in [1.82, 2.24) is 0 Å². The van der Waals surface area contributed by atoms with Crippen molar-refractivity contribution >= 4 is 69.1 Å². The van der Waals surface area contributed by atoms with Crippen molar-refractivity contribution in [2.24, 2.45) is 0 Å². The van der Waals surface area contributed by atoms with Gasteiger partial charge in [-0.05, 0) is 31.4 Å². The van der Waals surface area contributed by atoms with E-state index in [0.717, 1.165) is 6.04 Å². The Morgan fingerprint density at radius 1 is 1.25 bits per heavy atom. The highest BCUT2D eigenvalue weighted by Crippen LogP contribution is 2.24. The standard InChI is InChI=1S/C3H7BCl4Si.C2H6S/c1-9(7,8)3-2-4(5)6;1-3-2/h2-3H2,1H3;1-2H3. The molecule has 0 spiro atoms. The second-order valence-corrected chi connectivity index (χ2v) is 12.7. The lowest BCUT2D eigenvalue weighted by Crippen LogP contribution is -2.13. The molecule has 0 nitrogen and oxygen atoms in total. The Morgan fingerprint density at radius 2 is 1.58 bits per heavy atom. The van der Waals surface area contributed by atoms with Crippen molar-refractivity contribution in [3.8, 4) is 0 Å². The van der Waals surface area contributed by atoms with Crippen molar-refractivity contribution in [3.63, 3.8) is 0 Å². The molecule has 0 atom stereocenters. The first-order chi connectivity index (χ1) is 5.33. The molecule has 0 aliphatic rings. The zero-order valence-electron chi connectivity index (χ0n) is 7.41. The first-order valence-corrected chi connectivity index (χ1v) is 10.6. The van der Waals surface area contributed by atoms with Gasteiger partial charge in [0.05, 0.1) is 0 Å². The van der Waals surface area contributed by atoms with Gasteiger partial charge in [0.25, 0.3) is 0 Å². The molecule has 0 amide bonds. The summed E-state index contributed by atoms with van der Waals surface area (Å²) < 4.78 is 0. The number of hydrogen-bond acceptors (Lipinski definition) is 1. The first-order valence-electron chi connectivity index (χ1n) is 3.39. The van der Waals surface area contributed by atoms with Crippen molar-refractivity contribution in [2.75, 3.05) is 12.5 Å². The molecule has 0 radical (unpaired) electrons. The van der Waals surface area contributed by atoms with E-state index in [1.54, 1.807) is 11.8 Å². The van der Waals surface area contributed by atoms with Crippen LogP contribution in [-0.4, -0.2) is 24.7 Å². The van der Waals surface area contributed by atoms with Crippen LogP contribution >= 0.6 is 56.8 Å². The van der Waals surface area contributed by atoms with Gasteiger partial charge in [-0.15, -0.1) is 22.2 Å². The van der Waals surface area contributed by atoms with Crippen LogP contribution in [0, 0.1) is 0 Å². The summed E-state index contributed by atoms with van der Waals surface area (Å²) >= 11 is 24.2. The highest BCUT2D eigenvalue weighted by atomic mass is 35.7. The molecule has 0 saturated carbocycles. The minimum atomic E-state index is -1.94. The predicted molar refractivity (Wildman–Crippen MR) is 69.8 cm³/mol. The summed E-state index contributed by atoms with van der Waals surface area (Å²) in [7, 11) is 0. The molecular formula is C5H13BCl4SSi. The van der Waals surface area contributed by atoms with Gasteiger partial charge in [-0.2, -0.15) is 34.7 Å². The highest BCUT2D eigenvalue weighted by molar-refractivity contribution is 7.97. The molecule has 0 aromatic carbocycles. The lowest BCUT2D eigenvalue weighted by atomic mass is 10.0. The Morgan fingerprint density at radius 3 is 1.67 bits per heavy atom. The van der Waals surface area contributed by atoms with Gasteiger partial charge in [0.2, 0.25) is 6.69 Å². The topological polar surface area (TPSA) is 0 Å². The quantitative estimate of drug-likeness (QED) is 0.544. The molecule has 0 saturated heterocycles. The molecule has 0 unspecified atom stereocenters. The minimum absolute atomic E-state index is 0.325. The summed E-state index contributed by atoms with van der Waals surface area (Å²) in [5, 5.41) is 0. The molecule has 0 aromatic rings. The van der Waals surface area contributed by atoms with Crippen molar-refractivity contribution in [1.29, 1.82) is 0 Å². The smallest absolute Gasteiger partial charge is 0.172 e. The zero-order valence-corrected chi connectivity index (χ0v) is 12.3. The van der Waals surface area contributed by atoms with Crippen LogP contribution in [0.5, 0.6) is 0 Å². The highest BCUT2D eigenvalue weighted by Gasteiger charge is 2.22. The summed E-state index contributed by atoms with van der Waals surface area (Å²) in [4.78, 5) is 0. The lowest BCUT2D eigenvalue weighted by Gasteiger charge is -2.07. The van der Waals surface area contributed by atoms with Gasteiger partial charge in [-0.25, -0.2) is 0 Å². The lowest BCUT2D eigenvalue weighted by molar-refractivity contribution is 1.40. The fourth-order valence-electron chi connectivity index (χ4n) is 0.363. The summed E-state index contributed by atoms with van der Waals surface area (Å²) in [5.74, 6) is 0. The molecule has 0 rings (SSSR count). The Hall–Kier alpha value is 1.79. The maximum absolute atomic E-state index is 5.76. The van der Waals surface area contributed by atoms with Crippen molar-refractivity contribution < 1.29 is 0 Å². The number of hydrogen-bond donors (Lipinski definition) is 0. The summed E-state index contributed by atoms with van der Waals surface area (Å²) in [6.07, 6.45) is 4.78. The van der Waals surface area contributed by atoms with Gasteiger partial charge in [0, 0.05) is 0 Å². The van der Waals surface area contributed by atoms with E-state index < -0.39 is 6.69 Å². The van der Waals surface area contributed by atoms with Crippen LogP contribution in [0.3, 0.4) is 0 Å². The molecule has 0 aliphatic carbocycles. The Balaban J connectivity index is 0. The molecule has 0 aromatic heterocycles. The van der Waals surface area contributed by atoms with Gasteiger partial charge in [-0.1, -0.05) is 0 Å². The number of halogens is 4. The van der Waals surface area contributed by atoms with Crippen LogP contribution < -0.4 is 0 Å².